The first-order valence-corrected chi connectivity index (χ1v) is 14.9. The van der Waals surface area contributed by atoms with Gasteiger partial charge in [0.2, 0.25) is 21.8 Å². The van der Waals surface area contributed by atoms with Crippen LogP contribution in [0.15, 0.2) is 54.6 Å². The SMILES string of the molecule is CCCNC(=O)C(CC)N(CCc1ccccc1)C(=O)CCCN(c1ccccc1OCC)S(C)(=O)=O. The lowest BCUT2D eigenvalue weighted by Gasteiger charge is -2.31. The number of anilines is 1. The molecule has 0 heterocycles. The summed E-state index contributed by atoms with van der Waals surface area (Å²) in [5.74, 6) is 0.153. The number of nitrogens with one attached hydrogen (secondary N) is 1. The lowest BCUT2D eigenvalue weighted by molar-refractivity contribution is -0.140. The number of carbonyl (C=O) groups excluding carboxylic acids is 2. The van der Waals surface area contributed by atoms with E-state index in [2.05, 4.69) is 5.32 Å². The second-order valence-corrected chi connectivity index (χ2v) is 10.8. The van der Waals surface area contributed by atoms with Gasteiger partial charge >= 0.3 is 0 Å². The Hall–Kier alpha value is -3.07. The summed E-state index contributed by atoms with van der Waals surface area (Å²) in [5.41, 5.74) is 1.53. The lowest BCUT2D eigenvalue weighted by atomic mass is 10.1. The Kier molecular flexibility index (Phi) is 12.4. The summed E-state index contributed by atoms with van der Waals surface area (Å²) in [4.78, 5) is 28.0. The van der Waals surface area contributed by atoms with Gasteiger partial charge in [0, 0.05) is 26.1 Å². The van der Waals surface area contributed by atoms with Gasteiger partial charge in [0.15, 0.2) is 0 Å². The fourth-order valence-corrected chi connectivity index (χ4v) is 5.15. The van der Waals surface area contributed by atoms with Gasteiger partial charge in [-0.1, -0.05) is 56.3 Å². The number of rotatable bonds is 16. The topological polar surface area (TPSA) is 96.0 Å². The molecule has 0 aliphatic carbocycles. The van der Waals surface area contributed by atoms with Crippen molar-refractivity contribution in [1.29, 1.82) is 0 Å². The highest BCUT2D eigenvalue weighted by molar-refractivity contribution is 7.92. The van der Waals surface area contributed by atoms with Gasteiger partial charge in [-0.15, -0.1) is 0 Å². The average molecular weight is 532 g/mol. The summed E-state index contributed by atoms with van der Waals surface area (Å²) in [6.45, 7) is 7.21. The van der Waals surface area contributed by atoms with Crippen LogP contribution in [-0.2, 0) is 26.0 Å². The van der Waals surface area contributed by atoms with E-state index < -0.39 is 16.1 Å². The van der Waals surface area contributed by atoms with Crippen LogP contribution in [0.4, 0.5) is 5.69 Å². The fourth-order valence-electron chi connectivity index (χ4n) is 4.19. The molecule has 0 fully saturated rings. The van der Waals surface area contributed by atoms with E-state index in [0.717, 1.165) is 18.2 Å². The molecule has 2 rings (SSSR count). The number of benzene rings is 2. The van der Waals surface area contributed by atoms with Gasteiger partial charge in [-0.3, -0.25) is 13.9 Å². The van der Waals surface area contributed by atoms with E-state index in [9.17, 15) is 18.0 Å². The molecule has 0 radical (unpaired) electrons. The second-order valence-electron chi connectivity index (χ2n) is 8.88. The van der Waals surface area contributed by atoms with Crippen LogP contribution in [0.2, 0.25) is 0 Å². The summed E-state index contributed by atoms with van der Waals surface area (Å²) in [6.07, 6.45) is 3.50. The minimum Gasteiger partial charge on any atom is -0.492 e. The third-order valence-electron chi connectivity index (χ3n) is 6.01. The summed E-state index contributed by atoms with van der Waals surface area (Å²) < 4.78 is 32.2. The zero-order valence-electron chi connectivity index (χ0n) is 22.5. The number of amides is 2. The maximum absolute atomic E-state index is 13.4. The minimum atomic E-state index is -3.60. The van der Waals surface area contributed by atoms with Crippen LogP contribution in [0.25, 0.3) is 0 Å². The van der Waals surface area contributed by atoms with Crippen molar-refractivity contribution in [3.63, 3.8) is 0 Å². The molecule has 204 valence electrons. The third-order valence-corrected chi connectivity index (χ3v) is 7.19. The lowest BCUT2D eigenvalue weighted by Crippen LogP contribution is -2.50. The molecule has 2 aromatic rings. The standard InChI is InChI=1S/C28H41N3O5S/c1-5-20-29-28(33)24(6-2)30(22-19-23-14-9-8-10-15-23)27(32)18-13-21-31(37(4,34)35)25-16-11-12-17-26(25)36-7-3/h8-12,14-17,24H,5-7,13,18-22H2,1-4H3,(H,29,33). The molecule has 9 heteroatoms. The van der Waals surface area contributed by atoms with E-state index in [1.807, 2.05) is 51.1 Å². The molecule has 1 unspecified atom stereocenters. The number of para-hydroxylation sites is 2. The molecule has 0 saturated heterocycles. The number of hydrogen-bond donors (Lipinski definition) is 1. The zero-order valence-corrected chi connectivity index (χ0v) is 23.3. The van der Waals surface area contributed by atoms with Crippen LogP contribution in [-0.4, -0.2) is 63.7 Å². The van der Waals surface area contributed by atoms with Crippen LogP contribution in [0.5, 0.6) is 5.75 Å². The number of hydrogen-bond acceptors (Lipinski definition) is 5. The van der Waals surface area contributed by atoms with Gasteiger partial charge < -0.3 is 15.0 Å². The van der Waals surface area contributed by atoms with Crippen molar-refractivity contribution in [2.45, 2.75) is 58.9 Å². The molecule has 0 aromatic heterocycles. The smallest absolute Gasteiger partial charge is 0.242 e. The quantitative estimate of drug-likeness (QED) is 0.353. The van der Waals surface area contributed by atoms with Crippen LogP contribution in [0, 0.1) is 0 Å². The van der Waals surface area contributed by atoms with Crippen LogP contribution in [0.3, 0.4) is 0 Å². The zero-order chi connectivity index (χ0) is 27.3. The first-order chi connectivity index (χ1) is 17.7. The minimum absolute atomic E-state index is 0.120. The maximum Gasteiger partial charge on any atom is 0.242 e. The summed E-state index contributed by atoms with van der Waals surface area (Å²) in [7, 11) is -3.60. The molecule has 1 atom stereocenters. The molecule has 2 aromatic carbocycles. The molecule has 0 bridgehead atoms. The molecule has 8 nitrogen and oxygen atoms in total. The van der Waals surface area contributed by atoms with Gasteiger partial charge in [-0.05, 0) is 50.3 Å². The van der Waals surface area contributed by atoms with Gasteiger partial charge in [-0.25, -0.2) is 8.42 Å². The third kappa shape index (κ3) is 9.39. The number of nitrogens with zero attached hydrogens (tertiary/aromatic N) is 2. The Morgan fingerprint density at radius 1 is 0.973 bits per heavy atom. The van der Waals surface area contributed by atoms with Crippen LogP contribution in [0.1, 0.15) is 52.0 Å². The Labute approximate surface area is 222 Å². The summed E-state index contributed by atoms with van der Waals surface area (Å²) >= 11 is 0. The van der Waals surface area contributed by atoms with Crippen LogP contribution >= 0.6 is 0 Å². The molecule has 0 aliphatic rings. The molecular formula is C28H41N3O5S. The molecule has 37 heavy (non-hydrogen) atoms. The number of ether oxygens (including phenoxy) is 1. The normalized spacial score (nSPS) is 12.0. The summed E-state index contributed by atoms with van der Waals surface area (Å²) in [6, 6.07) is 16.2. The van der Waals surface area contributed by atoms with E-state index in [0.29, 0.717) is 50.4 Å². The van der Waals surface area contributed by atoms with Crippen molar-refractivity contribution < 1.29 is 22.7 Å². The number of sulfonamides is 1. The second kappa shape index (κ2) is 15.2. The van der Waals surface area contributed by atoms with E-state index >= 15 is 0 Å². The van der Waals surface area contributed by atoms with Crippen molar-refractivity contribution in [3.8, 4) is 5.75 Å². The van der Waals surface area contributed by atoms with Crippen molar-refractivity contribution in [2.75, 3.05) is 36.8 Å². The highest BCUT2D eigenvalue weighted by Crippen LogP contribution is 2.30. The van der Waals surface area contributed by atoms with Crippen molar-refractivity contribution >= 4 is 27.5 Å². The fraction of sp³-hybridized carbons (Fsp3) is 0.500. The van der Waals surface area contributed by atoms with E-state index in [4.69, 9.17) is 4.74 Å². The average Bonchev–Trinajstić information content (AvgIpc) is 2.88. The molecule has 0 aliphatic heterocycles. The molecule has 0 spiro atoms. The van der Waals surface area contributed by atoms with Gasteiger partial charge in [0.1, 0.15) is 11.8 Å². The van der Waals surface area contributed by atoms with E-state index in [1.165, 1.54) is 4.31 Å². The molecule has 0 saturated carbocycles. The monoisotopic (exact) mass is 531 g/mol. The molecule has 2 amide bonds. The Balaban J connectivity index is 2.18. The Bertz CT molecular complexity index is 1090. The van der Waals surface area contributed by atoms with Crippen molar-refractivity contribution in [2.24, 2.45) is 0 Å². The predicted octanol–water partition coefficient (Wildman–Crippen LogP) is 4.01. The van der Waals surface area contributed by atoms with Gasteiger partial charge in [0.25, 0.3) is 0 Å². The van der Waals surface area contributed by atoms with Crippen LogP contribution < -0.4 is 14.4 Å². The van der Waals surface area contributed by atoms with Gasteiger partial charge in [-0.2, -0.15) is 0 Å². The highest BCUT2D eigenvalue weighted by Gasteiger charge is 2.28. The molecule has 1 N–H and O–H groups in total. The highest BCUT2D eigenvalue weighted by atomic mass is 32.2. The largest absolute Gasteiger partial charge is 0.492 e. The van der Waals surface area contributed by atoms with Gasteiger partial charge in [0.05, 0.1) is 18.6 Å². The number of carbonyl (C=O) groups is 2. The Morgan fingerprint density at radius 3 is 2.27 bits per heavy atom. The first-order valence-electron chi connectivity index (χ1n) is 13.0. The van der Waals surface area contributed by atoms with Crippen molar-refractivity contribution in [3.05, 3.63) is 60.2 Å². The van der Waals surface area contributed by atoms with E-state index in [1.54, 1.807) is 29.2 Å². The summed E-state index contributed by atoms with van der Waals surface area (Å²) in [5, 5.41) is 2.92. The molecular weight excluding hydrogens is 490 g/mol. The van der Waals surface area contributed by atoms with Crippen molar-refractivity contribution in [1.82, 2.24) is 10.2 Å². The Morgan fingerprint density at radius 2 is 1.65 bits per heavy atom. The maximum atomic E-state index is 13.4. The predicted molar refractivity (Wildman–Crippen MR) is 148 cm³/mol. The van der Waals surface area contributed by atoms with E-state index in [-0.39, 0.29) is 24.8 Å². The first kappa shape index (κ1) is 30.2.